The molecule has 4 rings (SSSR count). The van der Waals surface area contributed by atoms with Crippen LogP contribution in [0.15, 0.2) is 71.9 Å². The molecule has 0 spiro atoms. The Hall–Kier alpha value is -2.97. The minimum atomic E-state index is -3.57. The van der Waals surface area contributed by atoms with Crippen molar-refractivity contribution in [2.45, 2.75) is 37.1 Å². The fraction of sp³-hybridized carbons (Fsp3) is 0.333. The fourth-order valence-corrected chi connectivity index (χ4v) is 5.50. The van der Waals surface area contributed by atoms with E-state index in [9.17, 15) is 13.2 Å². The molecule has 0 saturated carbocycles. The molecule has 1 aliphatic rings. The van der Waals surface area contributed by atoms with Gasteiger partial charge < -0.3 is 9.88 Å². The summed E-state index contributed by atoms with van der Waals surface area (Å²) < 4.78 is 29.4. The number of aromatic nitrogens is 2. The van der Waals surface area contributed by atoms with E-state index >= 15 is 0 Å². The van der Waals surface area contributed by atoms with Crippen molar-refractivity contribution in [1.82, 2.24) is 19.2 Å². The molecule has 0 bridgehead atoms. The highest BCUT2D eigenvalue weighted by atomic mass is 32.2. The monoisotopic (exact) mass is 452 g/mol. The molecule has 1 saturated heterocycles. The van der Waals surface area contributed by atoms with E-state index in [0.717, 1.165) is 31.6 Å². The number of nitrogens with zero attached hydrogens (tertiary/aromatic N) is 3. The maximum absolute atomic E-state index is 12.9. The zero-order chi connectivity index (χ0) is 22.4. The van der Waals surface area contributed by atoms with Gasteiger partial charge in [0, 0.05) is 50.6 Å². The minimum absolute atomic E-state index is 0.172. The number of hydrogen-bond acceptors (Lipinski definition) is 4. The van der Waals surface area contributed by atoms with E-state index in [1.807, 2.05) is 24.4 Å². The van der Waals surface area contributed by atoms with Crippen LogP contribution in [-0.4, -0.2) is 47.8 Å². The zero-order valence-electron chi connectivity index (χ0n) is 18.0. The normalized spacial score (nSPS) is 14.9. The van der Waals surface area contributed by atoms with Crippen LogP contribution in [0.25, 0.3) is 0 Å². The van der Waals surface area contributed by atoms with Crippen LogP contribution in [0.2, 0.25) is 0 Å². The summed E-state index contributed by atoms with van der Waals surface area (Å²) in [6.07, 6.45) is 7.07. The summed E-state index contributed by atoms with van der Waals surface area (Å²) in [5.41, 5.74) is 1.53. The van der Waals surface area contributed by atoms with Crippen molar-refractivity contribution in [3.05, 3.63) is 83.9 Å². The lowest BCUT2D eigenvalue weighted by molar-refractivity contribution is 0.0953. The molecular weight excluding hydrogens is 424 g/mol. The molecule has 168 valence electrons. The Labute approximate surface area is 189 Å². The second kappa shape index (κ2) is 10.1. The lowest BCUT2D eigenvalue weighted by atomic mass is 10.2. The SMILES string of the molecule is O=C(NCCc1nccn1Cc1ccccc1)c1cccc(S(=O)(=O)N2CCCCC2)c1. The van der Waals surface area contributed by atoms with Gasteiger partial charge in [-0.05, 0) is 36.6 Å². The van der Waals surface area contributed by atoms with Crippen molar-refractivity contribution in [2.75, 3.05) is 19.6 Å². The summed E-state index contributed by atoms with van der Waals surface area (Å²) in [5, 5.41) is 2.89. The van der Waals surface area contributed by atoms with E-state index in [0.29, 0.717) is 31.6 Å². The second-order valence-electron chi connectivity index (χ2n) is 7.96. The van der Waals surface area contributed by atoms with Crippen LogP contribution in [-0.2, 0) is 23.0 Å². The van der Waals surface area contributed by atoms with Crippen LogP contribution >= 0.6 is 0 Å². The lowest BCUT2D eigenvalue weighted by Gasteiger charge is -2.26. The van der Waals surface area contributed by atoms with Gasteiger partial charge in [0.1, 0.15) is 5.82 Å². The average molecular weight is 453 g/mol. The first kappa shape index (κ1) is 22.2. The zero-order valence-corrected chi connectivity index (χ0v) is 18.8. The van der Waals surface area contributed by atoms with Gasteiger partial charge in [0.15, 0.2) is 0 Å². The van der Waals surface area contributed by atoms with Crippen molar-refractivity contribution in [3.63, 3.8) is 0 Å². The molecule has 2 heterocycles. The fourth-order valence-electron chi connectivity index (χ4n) is 3.93. The van der Waals surface area contributed by atoms with Gasteiger partial charge in [-0.25, -0.2) is 13.4 Å². The Morgan fingerprint density at radius 2 is 1.78 bits per heavy atom. The molecule has 8 heteroatoms. The summed E-state index contributed by atoms with van der Waals surface area (Å²) >= 11 is 0. The van der Waals surface area contributed by atoms with E-state index < -0.39 is 10.0 Å². The van der Waals surface area contributed by atoms with Gasteiger partial charge >= 0.3 is 0 Å². The summed E-state index contributed by atoms with van der Waals surface area (Å²) in [6.45, 7) is 2.21. The maximum atomic E-state index is 12.9. The first-order chi connectivity index (χ1) is 15.5. The van der Waals surface area contributed by atoms with Crippen molar-refractivity contribution in [1.29, 1.82) is 0 Å². The van der Waals surface area contributed by atoms with Crippen LogP contribution in [0.5, 0.6) is 0 Å². The largest absolute Gasteiger partial charge is 0.352 e. The van der Waals surface area contributed by atoms with E-state index in [1.165, 1.54) is 15.9 Å². The lowest BCUT2D eigenvalue weighted by Crippen LogP contribution is -2.35. The Bertz CT molecular complexity index is 1150. The number of piperidine rings is 1. The molecule has 1 fully saturated rings. The van der Waals surface area contributed by atoms with Crippen LogP contribution in [0, 0.1) is 0 Å². The predicted octanol–water partition coefficient (Wildman–Crippen LogP) is 3.08. The molecule has 1 aromatic heterocycles. The average Bonchev–Trinajstić information content (AvgIpc) is 3.27. The number of amides is 1. The maximum Gasteiger partial charge on any atom is 0.251 e. The number of hydrogen-bond donors (Lipinski definition) is 1. The van der Waals surface area contributed by atoms with Crippen LogP contribution in [0.4, 0.5) is 0 Å². The number of rotatable bonds is 8. The minimum Gasteiger partial charge on any atom is -0.352 e. The summed E-state index contributed by atoms with van der Waals surface area (Å²) in [5.74, 6) is 0.595. The summed E-state index contributed by atoms with van der Waals surface area (Å²) in [6, 6.07) is 16.4. The first-order valence-corrected chi connectivity index (χ1v) is 12.4. The Morgan fingerprint density at radius 1 is 1.00 bits per heavy atom. The third kappa shape index (κ3) is 5.26. The van der Waals surface area contributed by atoms with Gasteiger partial charge in [-0.15, -0.1) is 0 Å². The molecule has 1 amide bonds. The van der Waals surface area contributed by atoms with Crippen LogP contribution in [0.3, 0.4) is 0 Å². The third-order valence-corrected chi connectivity index (χ3v) is 7.58. The van der Waals surface area contributed by atoms with Gasteiger partial charge in [0.2, 0.25) is 10.0 Å². The molecule has 1 aliphatic heterocycles. The smallest absolute Gasteiger partial charge is 0.251 e. The highest BCUT2D eigenvalue weighted by Crippen LogP contribution is 2.21. The van der Waals surface area contributed by atoms with E-state index in [-0.39, 0.29) is 10.8 Å². The number of benzene rings is 2. The van der Waals surface area contributed by atoms with Gasteiger partial charge in [-0.1, -0.05) is 42.8 Å². The Balaban J connectivity index is 1.36. The van der Waals surface area contributed by atoms with Crippen molar-refractivity contribution in [2.24, 2.45) is 0 Å². The number of carbonyl (C=O) groups is 1. The number of sulfonamides is 1. The number of carbonyl (C=O) groups excluding carboxylic acids is 1. The molecule has 0 aliphatic carbocycles. The topological polar surface area (TPSA) is 84.3 Å². The van der Waals surface area contributed by atoms with Gasteiger partial charge in [-0.2, -0.15) is 4.31 Å². The van der Waals surface area contributed by atoms with Gasteiger partial charge in [0.05, 0.1) is 4.90 Å². The molecule has 2 aromatic carbocycles. The van der Waals surface area contributed by atoms with Crippen LogP contribution < -0.4 is 5.32 Å². The molecule has 0 radical (unpaired) electrons. The van der Waals surface area contributed by atoms with E-state index in [4.69, 9.17) is 0 Å². The molecule has 0 unspecified atom stereocenters. The second-order valence-corrected chi connectivity index (χ2v) is 9.89. The Kier molecular flexibility index (Phi) is 7.02. The quantitative estimate of drug-likeness (QED) is 0.569. The standard InChI is InChI=1S/C24H28N4O3S/c29-24(21-10-7-11-22(18-21)32(30,31)28-15-5-2-6-16-28)26-13-12-23-25-14-17-27(23)19-20-8-3-1-4-9-20/h1,3-4,7-11,14,17-18H,2,5-6,12-13,15-16,19H2,(H,26,29). The molecular formula is C24H28N4O3S. The first-order valence-electron chi connectivity index (χ1n) is 11.0. The number of imidazole rings is 1. The molecule has 3 aromatic rings. The third-order valence-electron chi connectivity index (χ3n) is 5.68. The van der Waals surface area contributed by atoms with E-state index in [2.05, 4.69) is 27.0 Å². The van der Waals surface area contributed by atoms with E-state index in [1.54, 1.807) is 24.4 Å². The molecule has 7 nitrogen and oxygen atoms in total. The summed E-state index contributed by atoms with van der Waals surface area (Å²) in [4.78, 5) is 17.2. The molecule has 32 heavy (non-hydrogen) atoms. The van der Waals surface area contributed by atoms with Gasteiger partial charge in [0.25, 0.3) is 5.91 Å². The predicted molar refractivity (Wildman–Crippen MR) is 123 cm³/mol. The summed E-state index contributed by atoms with van der Waals surface area (Å²) in [7, 11) is -3.57. The molecule has 1 N–H and O–H groups in total. The van der Waals surface area contributed by atoms with Gasteiger partial charge in [-0.3, -0.25) is 4.79 Å². The van der Waals surface area contributed by atoms with Crippen LogP contribution in [0.1, 0.15) is 41.0 Å². The Morgan fingerprint density at radius 3 is 2.56 bits per heavy atom. The van der Waals surface area contributed by atoms with Crippen molar-refractivity contribution in [3.8, 4) is 0 Å². The highest BCUT2D eigenvalue weighted by Gasteiger charge is 2.26. The number of nitrogens with one attached hydrogen (secondary N) is 1. The molecule has 0 atom stereocenters. The van der Waals surface area contributed by atoms with Crippen molar-refractivity contribution < 1.29 is 13.2 Å². The van der Waals surface area contributed by atoms with Crippen molar-refractivity contribution >= 4 is 15.9 Å². The highest BCUT2D eigenvalue weighted by molar-refractivity contribution is 7.89.